The predicted octanol–water partition coefficient (Wildman–Crippen LogP) is -1.91. The number of carboxylic acids is 1. The molecule has 202 valence electrons. The molecular formula is C21H41N7O6S. The normalized spacial score (nSPS) is 15.3. The van der Waals surface area contributed by atoms with E-state index in [1.54, 1.807) is 0 Å². The smallest absolute Gasteiger partial charge is 0.326 e. The summed E-state index contributed by atoms with van der Waals surface area (Å²) in [6.07, 6.45) is 1.64. The van der Waals surface area contributed by atoms with Crippen LogP contribution in [0.4, 0.5) is 0 Å². The molecule has 0 radical (unpaired) electrons. The van der Waals surface area contributed by atoms with Crippen LogP contribution in [0, 0.1) is 5.92 Å². The van der Waals surface area contributed by atoms with Crippen LogP contribution in [-0.2, 0) is 19.2 Å². The molecule has 0 aromatic carbocycles. The van der Waals surface area contributed by atoms with Gasteiger partial charge < -0.3 is 43.4 Å². The molecule has 0 rings (SSSR count). The largest absolute Gasteiger partial charge is 0.480 e. The maximum absolute atomic E-state index is 13.0. The number of nitrogens with two attached hydrogens (primary N) is 3. The zero-order chi connectivity index (χ0) is 27.1. The van der Waals surface area contributed by atoms with Crippen molar-refractivity contribution < 1.29 is 29.4 Å². The fourth-order valence-electron chi connectivity index (χ4n) is 3.00. The summed E-state index contributed by atoms with van der Waals surface area (Å²) in [6, 6.07) is -4.43. The lowest BCUT2D eigenvalue weighted by molar-refractivity contribution is -0.142. The molecule has 14 heteroatoms. The number of hydrogen-bond acceptors (Lipinski definition) is 8. The number of thioether (sulfide) groups is 1. The molecule has 0 aromatic heterocycles. The first kappa shape index (κ1) is 32.4. The third kappa shape index (κ3) is 13.8. The lowest BCUT2D eigenvalue weighted by atomic mass is 10.0. The molecule has 0 spiro atoms. The summed E-state index contributed by atoms with van der Waals surface area (Å²) < 4.78 is 0. The van der Waals surface area contributed by atoms with Gasteiger partial charge in [0.25, 0.3) is 0 Å². The summed E-state index contributed by atoms with van der Waals surface area (Å²) in [5.74, 6) is -2.75. The Labute approximate surface area is 210 Å². The van der Waals surface area contributed by atoms with E-state index in [1.807, 2.05) is 20.1 Å². The molecule has 0 aliphatic carbocycles. The van der Waals surface area contributed by atoms with E-state index in [0.717, 1.165) is 0 Å². The summed E-state index contributed by atoms with van der Waals surface area (Å²) in [6.45, 7) is 5.29. The number of aliphatic hydroxyl groups is 1. The lowest BCUT2D eigenvalue weighted by Crippen LogP contribution is -2.58. The topological polar surface area (TPSA) is 235 Å². The van der Waals surface area contributed by atoms with Gasteiger partial charge in [-0.25, -0.2) is 4.79 Å². The van der Waals surface area contributed by atoms with Gasteiger partial charge in [0.15, 0.2) is 5.96 Å². The van der Waals surface area contributed by atoms with Crippen molar-refractivity contribution in [2.24, 2.45) is 28.1 Å². The number of amides is 3. The Balaban J connectivity index is 5.43. The first-order valence-corrected chi connectivity index (χ1v) is 12.8. The van der Waals surface area contributed by atoms with E-state index in [4.69, 9.17) is 17.2 Å². The first-order chi connectivity index (χ1) is 16.3. The minimum atomic E-state index is -1.23. The van der Waals surface area contributed by atoms with Gasteiger partial charge in [0.1, 0.15) is 24.2 Å². The Morgan fingerprint density at radius 3 is 1.94 bits per heavy atom. The van der Waals surface area contributed by atoms with Crippen molar-refractivity contribution in [2.75, 3.05) is 18.6 Å². The number of hydrogen-bond donors (Lipinski definition) is 8. The van der Waals surface area contributed by atoms with Crippen LogP contribution in [0.2, 0.25) is 0 Å². The van der Waals surface area contributed by atoms with Gasteiger partial charge in [0.2, 0.25) is 17.7 Å². The summed E-state index contributed by atoms with van der Waals surface area (Å²) in [5, 5.41) is 26.7. The number of nitrogens with zero attached hydrogens (tertiary/aromatic N) is 1. The van der Waals surface area contributed by atoms with Gasteiger partial charge in [-0.15, -0.1) is 0 Å². The van der Waals surface area contributed by atoms with E-state index in [2.05, 4.69) is 20.9 Å². The van der Waals surface area contributed by atoms with E-state index in [1.165, 1.54) is 18.7 Å². The molecule has 0 aliphatic heterocycles. The molecular weight excluding hydrogens is 478 g/mol. The number of carbonyl (C=O) groups is 4. The molecule has 13 nitrogen and oxygen atoms in total. The van der Waals surface area contributed by atoms with Gasteiger partial charge in [0, 0.05) is 6.54 Å². The second kappa shape index (κ2) is 16.9. The van der Waals surface area contributed by atoms with Crippen LogP contribution in [0.1, 0.15) is 46.5 Å². The van der Waals surface area contributed by atoms with Crippen LogP contribution in [0.5, 0.6) is 0 Å². The zero-order valence-corrected chi connectivity index (χ0v) is 21.6. The molecule has 5 unspecified atom stereocenters. The highest BCUT2D eigenvalue weighted by Crippen LogP contribution is 2.09. The fourth-order valence-corrected chi connectivity index (χ4v) is 3.47. The number of aliphatic imine (C=N–C) groups is 1. The second-order valence-electron chi connectivity index (χ2n) is 8.65. The van der Waals surface area contributed by atoms with Crippen LogP contribution in [0.3, 0.4) is 0 Å². The van der Waals surface area contributed by atoms with Crippen molar-refractivity contribution in [3.05, 3.63) is 0 Å². The van der Waals surface area contributed by atoms with Crippen LogP contribution < -0.4 is 33.2 Å². The number of carboxylic acid groups (broad SMARTS) is 1. The number of guanidine groups is 1. The number of rotatable bonds is 17. The Bertz CT molecular complexity index is 731. The average Bonchev–Trinajstić information content (AvgIpc) is 2.76. The van der Waals surface area contributed by atoms with Crippen molar-refractivity contribution >= 4 is 41.4 Å². The number of nitrogens with one attached hydrogen (secondary N) is 3. The summed E-state index contributed by atoms with van der Waals surface area (Å²) >= 11 is 1.46. The van der Waals surface area contributed by atoms with E-state index in [-0.39, 0.29) is 37.7 Å². The number of aliphatic hydroxyl groups excluding tert-OH is 1. The molecule has 0 saturated carbocycles. The van der Waals surface area contributed by atoms with Crippen LogP contribution >= 0.6 is 11.8 Å². The van der Waals surface area contributed by atoms with E-state index < -0.39 is 54.0 Å². The summed E-state index contributed by atoms with van der Waals surface area (Å²) in [4.78, 5) is 53.6. The van der Waals surface area contributed by atoms with Crippen molar-refractivity contribution in [2.45, 2.75) is 76.7 Å². The molecule has 5 atom stereocenters. The maximum atomic E-state index is 13.0. The standard InChI is InChI=1S/C21H41N7O6S/c1-11(2)10-15(28-19(32)16(22)12(3)29)18(31)26-13(7-9-35-4)17(30)27-14(20(33)34)6-5-8-25-21(23)24/h11-16,29H,5-10,22H2,1-4H3,(H,26,31)(H,27,30)(H,28,32)(H,33,34)(H4,23,24,25). The summed E-state index contributed by atoms with van der Waals surface area (Å²) in [5.41, 5.74) is 16.2. The maximum Gasteiger partial charge on any atom is 0.326 e. The van der Waals surface area contributed by atoms with Crippen molar-refractivity contribution in [3.63, 3.8) is 0 Å². The number of aliphatic carboxylic acids is 1. The predicted molar refractivity (Wildman–Crippen MR) is 135 cm³/mol. The molecule has 0 aromatic rings. The Morgan fingerprint density at radius 2 is 1.46 bits per heavy atom. The zero-order valence-electron chi connectivity index (χ0n) is 20.8. The van der Waals surface area contributed by atoms with E-state index in [9.17, 15) is 29.4 Å². The molecule has 0 fully saturated rings. The molecule has 0 aliphatic rings. The van der Waals surface area contributed by atoms with Crippen LogP contribution in [0.25, 0.3) is 0 Å². The van der Waals surface area contributed by atoms with Gasteiger partial charge in [-0.2, -0.15) is 11.8 Å². The van der Waals surface area contributed by atoms with Gasteiger partial charge in [-0.05, 0) is 50.5 Å². The van der Waals surface area contributed by atoms with Gasteiger partial charge in [0.05, 0.1) is 6.10 Å². The molecule has 0 saturated heterocycles. The Morgan fingerprint density at radius 1 is 0.914 bits per heavy atom. The third-order valence-electron chi connectivity index (χ3n) is 4.97. The highest BCUT2D eigenvalue weighted by atomic mass is 32.2. The monoisotopic (exact) mass is 519 g/mol. The molecule has 0 bridgehead atoms. The fraction of sp³-hybridized carbons (Fsp3) is 0.762. The van der Waals surface area contributed by atoms with Crippen molar-refractivity contribution in [3.8, 4) is 0 Å². The van der Waals surface area contributed by atoms with Crippen LogP contribution in [-0.4, -0.2) is 88.7 Å². The first-order valence-electron chi connectivity index (χ1n) is 11.4. The minimum absolute atomic E-state index is 0.0221. The molecule has 35 heavy (non-hydrogen) atoms. The molecule has 0 heterocycles. The SMILES string of the molecule is CSCCC(NC(=O)C(CC(C)C)NC(=O)C(N)C(C)O)C(=O)NC(CCCN=C(N)N)C(=O)O. The Kier molecular flexibility index (Phi) is 15.7. The van der Waals surface area contributed by atoms with E-state index >= 15 is 0 Å². The van der Waals surface area contributed by atoms with Gasteiger partial charge in [-0.3, -0.25) is 19.4 Å². The Hall–Kier alpha value is -2.58. The van der Waals surface area contributed by atoms with Gasteiger partial charge >= 0.3 is 5.97 Å². The summed E-state index contributed by atoms with van der Waals surface area (Å²) in [7, 11) is 0. The van der Waals surface area contributed by atoms with Crippen molar-refractivity contribution in [1.29, 1.82) is 0 Å². The molecule has 11 N–H and O–H groups in total. The number of carbonyl (C=O) groups excluding carboxylic acids is 3. The van der Waals surface area contributed by atoms with E-state index in [0.29, 0.717) is 12.2 Å². The molecule has 3 amide bonds. The van der Waals surface area contributed by atoms with Crippen molar-refractivity contribution in [1.82, 2.24) is 16.0 Å². The quantitative estimate of drug-likeness (QED) is 0.0602. The highest BCUT2D eigenvalue weighted by molar-refractivity contribution is 7.98. The lowest BCUT2D eigenvalue weighted by Gasteiger charge is -2.26. The third-order valence-corrected chi connectivity index (χ3v) is 5.61. The second-order valence-corrected chi connectivity index (χ2v) is 9.63. The minimum Gasteiger partial charge on any atom is -0.480 e. The van der Waals surface area contributed by atoms with Gasteiger partial charge in [-0.1, -0.05) is 13.8 Å². The highest BCUT2D eigenvalue weighted by Gasteiger charge is 2.31. The average molecular weight is 520 g/mol. The van der Waals surface area contributed by atoms with Crippen LogP contribution in [0.15, 0.2) is 4.99 Å².